The Bertz CT molecular complexity index is 1310. The van der Waals surface area contributed by atoms with Gasteiger partial charge in [-0.05, 0) is 70.4 Å². The van der Waals surface area contributed by atoms with Crippen molar-refractivity contribution in [2.75, 3.05) is 6.54 Å². The quantitative estimate of drug-likeness (QED) is 0.248. The fourth-order valence-electron chi connectivity index (χ4n) is 5.65. The Labute approximate surface area is 260 Å². The van der Waals surface area contributed by atoms with Crippen LogP contribution in [0.3, 0.4) is 0 Å². The summed E-state index contributed by atoms with van der Waals surface area (Å²) in [7, 11) is 0. The molecule has 1 aromatic heterocycles. The highest BCUT2D eigenvalue weighted by molar-refractivity contribution is 6.00. The van der Waals surface area contributed by atoms with Crippen molar-refractivity contribution < 1.29 is 18.7 Å². The standard InChI is InChI=1S/C33H43FN2O3.2C2H6/c1-8-35-29-12-10-9-11-28(29)32(24-13-15-25(34)16-14-24)30(35)18-17-26-19-27(39-33(6,7)38-26)20-31(37)36(23(4)5)21-22(2)3;2*1-2/h9-18,22-23,26-27H,8,19-21H2,1-7H3;2*1-2H3/b18-17+;;/t26-,27-;;/m1../s1. The first-order valence-corrected chi connectivity index (χ1v) is 16.2. The lowest BCUT2D eigenvalue weighted by Gasteiger charge is -2.40. The average molecular weight is 595 g/mol. The molecule has 0 bridgehead atoms. The Balaban J connectivity index is 0.00000155. The van der Waals surface area contributed by atoms with Gasteiger partial charge in [-0.15, -0.1) is 0 Å². The molecule has 1 saturated heterocycles. The van der Waals surface area contributed by atoms with Crippen molar-refractivity contribution in [3.8, 4) is 11.1 Å². The lowest BCUT2D eigenvalue weighted by molar-refractivity contribution is -0.290. The van der Waals surface area contributed by atoms with Crippen LogP contribution in [0.2, 0.25) is 0 Å². The zero-order valence-electron chi connectivity index (χ0n) is 28.4. The monoisotopic (exact) mass is 594 g/mol. The van der Waals surface area contributed by atoms with Gasteiger partial charge in [-0.1, -0.05) is 78.0 Å². The highest BCUT2D eigenvalue weighted by atomic mass is 19.1. The maximum atomic E-state index is 13.8. The van der Waals surface area contributed by atoms with Crippen molar-refractivity contribution in [1.82, 2.24) is 9.47 Å². The molecule has 2 aromatic carbocycles. The van der Waals surface area contributed by atoms with E-state index in [0.29, 0.717) is 18.8 Å². The molecular weight excluding hydrogens is 539 g/mol. The lowest BCUT2D eigenvalue weighted by Crippen LogP contribution is -2.47. The first-order valence-electron chi connectivity index (χ1n) is 16.2. The first kappa shape index (κ1) is 36.2. The molecule has 0 spiro atoms. The Hall–Kier alpha value is -2.96. The minimum atomic E-state index is -0.809. The number of rotatable bonds is 9. The number of halogens is 1. The van der Waals surface area contributed by atoms with E-state index >= 15 is 0 Å². The van der Waals surface area contributed by atoms with Crippen LogP contribution < -0.4 is 0 Å². The zero-order valence-corrected chi connectivity index (χ0v) is 28.4. The highest BCUT2D eigenvalue weighted by Gasteiger charge is 2.36. The molecule has 0 saturated carbocycles. The van der Waals surface area contributed by atoms with Gasteiger partial charge in [-0.3, -0.25) is 4.79 Å². The van der Waals surface area contributed by atoms with Gasteiger partial charge >= 0.3 is 0 Å². The van der Waals surface area contributed by atoms with Crippen LogP contribution in [0.4, 0.5) is 4.39 Å². The summed E-state index contributed by atoms with van der Waals surface area (Å²) in [5.41, 5.74) is 4.22. The Morgan fingerprint density at radius 2 is 1.65 bits per heavy atom. The number of carbonyl (C=O) groups excluding carboxylic acids is 1. The molecule has 2 heterocycles. The maximum absolute atomic E-state index is 13.8. The van der Waals surface area contributed by atoms with Crippen LogP contribution in [-0.4, -0.2) is 46.0 Å². The second-order valence-electron chi connectivity index (χ2n) is 11.7. The molecule has 1 aliphatic heterocycles. The second kappa shape index (κ2) is 16.8. The number of hydrogen-bond donors (Lipinski definition) is 0. The highest BCUT2D eigenvalue weighted by Crippen LogP contribution is 2.37. The van der Waals surface area contributed by atoms with Gasteiger partial charge in [0.2, 0.25) is 5.91 Å². The molecule has 6 heteroatoms. The molecule has 1 fully saturated rings. The molecule has 0 aliphatic carbocycles. The summed E-state index contributed by atoms with van der Waals surface area (Å²) in [4.78, 5) is 15.2. The van der Waals surface area contributed by atoms with Gasteiger partial charge in [0.1, 0.15) is 5.82 Å². The number of para-hydroxylation sites is 1. The molecule has 0 N–H and O–H groups in total. The Morgan fingerprint density at radius 1 is 1.02 bits per heavy atom. The molecule has 43 heavy (non-hydrogen) atoms. The molecule has 3 aromatic rings. The van der Waals surface area contributed by atoms with Gasteiger partial charge in [0.15, 0.2) is 5.79 Å². The number of amides is 1. The first-order chi connectivity index (χ1) is 20.5. The van der Waals surface area contributed by atoms with E-state index in [1.54, 1.807) is 0 Å². The van der Waals surface area contributed by atoms with Crippen LogP contribution in [0.5, 0.6) is 0 Å². The summed E-state index contributed by atoms with van der Waals surface area (Å²) in [5.74, 6) is -0.539. The third-order valence-electron chi connectivity index (χ3n) is 7.22. The normalized spacial score (nSPS) is 17.9. The number of hydrogen-bond acceptors (Lipinski definition) is 3. The zero-order chi connectivity index (χ0) is 32.3. The summed E-state index contributed by atoms with van der Waals surface area (Å²) in [6.07, 6.45) is 4.68. The van der Waals surface area contributed by atoms with Crippen LogP contribution in [0.15, 0.2) is 54.6 Å². The fourth-order valence-corrected chi connectivity index (χ4v) is 5.65. The third kappa shape index (κ3) is 9.51. The summed E-state index contributed by atoms with van der Waals surface area (Å²) in [6, 6.07) is 15.1. The molecule has 1 amide bonds. The maximum Gasteiger partial charge on any atom is 0.225 e. The van der Waals surface area contributed by atoms with Crippen LogP contribution >= 0.6 is 0 Å². The SMILES string of the molecule is CC.CC.CCn1c(/C=C/[C@@H]2C[C@H](CC(=O)N(CC(C)C)C(C)C)OC(C)(C)O2)c(-c2ccc(F)cc2)c2ccccc21. The molecule has 238 valence electrons. The van der Waals surface area contributed by atoms with E-state index in [2.05, 4.69) is 63.5 Å². The number of aryl methyl sites for hydroxylation is 1. The Kier molecular flexibility index (Phi) is 14.1. The van der Waals surface area contributed by atoms with E-state index in [0.717, 1.165) is 40.8 Å². The van der Waals surface area contributed by atoms with Crippen molar-refractivity contribution in [3.05, 3.63) is 66.1 Å². The van der Waals surface area contributed by atoms with Crippen molar-refractivity contribution >= 4 is 22.9 Å². The minimum absolute atomic E-state index is 0.119. The fraction of sp³-hybridized carbons (Fsp3) is 0.541. The number of benzene rings is 2. The van der Waals surface area contributed by atoms with E-state index in [9.17, 15) is 9.18 Å². The summed E-state index contributed by atoms with van der Waals surface area (Å²) >= 11 is 0. The summed E-state index contributed by atoms with van der Waals surface area (Å²) < 4.78 is 28.6. The van der Waals surface area contributed by atoms with Crippen molar-refractivity contribution in [1.29, 1.82) is 0 Å². The van der Waals surface area contributed by atoms with E-state index in [-0.39, 0.29) is 30.0 Å². The van der Waals surface area contributed by atoms with E-state index in [4.69, 9.17) is 9.47 Å². The number of ether oxygens (including phenoxy) is 2. The van der Waals surface area contributed by atoms with E-state index in [1.807, 2.05) is 70.7 Å². The van der Waals surface area contributed by atoms with E-state index < -0.39 is 5.79 Å². The molecule has 0 unspecified atom stereocenters. The summed E-state index contributed by atoms with van der Waals surface area (Å²) in [6.45, 7) is 23.9. The number of fused-ring (bicyclic) bond motifs is 1. The van der Waals surface area contributed by atoms with Crippen LogP contribution in [0, 0.1) is 11.7 Å². The predicted octanol–water partition coefficient (Wildman–Crippen LogP) is 9.73. The van der Waals surface area contributed by atoms with Gasteiger partial charge in [-0.25, -0.2) is 4.39 Å². The van der Waals surface area contributed by atoms with Crippen molar-refractivity contribution in [3.63, 3.8) is 0 Å². The topological polar surface area (TPSA) is 43.7 Å². The average Bonchev–Trinajstić information content (AvgIpc) is 3.29. The van der Waals surface area contributed by atoms with Gasteiger partial charge in [0, 0.05) is 47.7 Å². The molecule has 2 atom stereocenters. The largest absolute Gasteiger partial charge is 0.347 e. The smallest absolute Gasteiger partial charge is 0.225 e. The molecule has 1 aliphatic rings. The van der Waals surface area contributed by atoms with Crippen LogP contribution in [0.1, 0.15) is 94.7 Å². The van der Waals surface area contributed by atoms with Crippen LogP contribution in [0.25, 0.3) is 28.1 Å². The predicted molar refractivity (Wildman–Crippen MR) is 179 cm³/mol. The molecule has 5 nitrogen and oxygen atoms in total. The van der Waals surface area contributed by atoms with Gasteiger partial charge < -0.3 is 18.9 Å². The van der Waals surface area contributed by atoms with Crippen molar-refractivity contribution in [2.45, 2.75) is 120 Å². The van der Waals surface area contributed by atoms with Gasteiger partial charge in [0.05, 0.1) is 18.6 Å². The third-order valence-corrected chi connectivity index (χ3v) is 7.22. The lowest BCUT2D eigenvalue weighted by atomic mass is 10.00. The second-order valence-corrected chi connectivity index (χ2v) is 11.7. The van der Waals surface area contributed by atoms with Crippen LogP contribution in [-0.2, 0) is 20.8 Å². The summed E-state index contributed by atoms with van der Waals surface area (Å²) in [5, 5.41) is 1.13. The Morgan fingerprint density at radius 3 is 2.23 bits per heavy atom. The molecular formula is C37H55FN2O3. The van der Waals surface area contributed by atoms with E-state index in [1.165, 1.54) is 12.1 Å². The number of nitrogens with zero attached hydrogens (tertiary/aromatic N) is 2. The van der Waals surface area contributed by atoms with Gasteiger partial charge in [-0.2, -0.15) is 0 Å². The van der Waals surface area contributed by atoms with Crippen molar-refractivity contribution in [2.24, 2.45) is 5.92 Å². The molecule has 4 rings (SSSR count). The minimum Gasteiger partial charge on any atom is -0.347 e. The molecule has 0 radical (unpaired) electrons. The number of aromatic nitrogens is 1. The number of carbonyl (C=O) groups is 1. The van der Waals surface area contributed by atoms with Gasteiger partial charge in [0.25, 0.3) is 0 Å².